The van der Waals surface area contributed by atoms with Crippen molar-refractivity contribution in [1.82, 2.24) is 0 Å². The van der Waals surface area contributed by atoms with Crippen LogP contribution in [0.2, 0.25) is 0 Å². The Morgan fingerprint density at radius 1 is 0.893 bits per heavy atom. The Morgan fingerprint density at radius 2 is 1.64 bits per heavy atom. The van der Waals surface area contributed by atoms with Crippen molar-refractivity contribution < 1.29 is 14.0 Å². The number of aryl methyl sites for hydroxylation is 2. The Balaban J connectivity index is 1.77. The van der Waals surface area contributed by atoms with Gasteiger partial charge in [-0.05, 0) is 43.2 Å². The highest BCUT2D eigenvalue weighted by Gasteiger charge is 2.40. The summed E-state index contributed by atoms with van der Waals surface area (Å²) in [5, 5.41) is 0. The van der Waals surface area contributed by atoms with E-state index in [1.54, 1.807) is 12.3 Å². The van der Waals surface area contributed by atoms with Crippen molar-refractivity contribution in [3.8, 4) is 0 Å². The maximum absolute atomic E-state index is 13.3. The molecule has 0 unspecified atom stereocenters. The average Bonchev–Trinajstić information content (AvgIpc) is 3.28. The van der Waals surface area contributed by atoms with Gasteiger partial charge in [0.25, 0.3) is 11.8 Å². The summed E-state index contributed by atoms with van der Waals surface area (Å²) in [4.78, 5) is 28.3. The molecule has 4 rings (SSSR count). The number of amides is 2. The van der Waals surface area contributed by atoms with Crippen molar-refractivity contribution in [1.29, 1.82) is 0 Å². The van der Waals surface area contributed by atoms with Crippen molar-refractivity contribution in [3.63, 3.8) is 0 Å². The Labute approximate surface area is 167 Å². The van der Waals surface area contributed by atoms with Crippen LogP contribution in [0, 0.1) is 13.8 Å². The van der Waals surface area contributed by atoms with Crippen LogP contribution in [0.3, 0.4) is 0 Å². The summed E-state index contributed by atoms with van der Waals surface area (Å²) in [5.41, 5.74) is 3.80. The molecule has 1 aliphatic heterocycles. The number of anilines is 1. The number of carbonyl (C=O) groups excluding carboxylic acids is 2. The number of hydrogen-bond donors (Lipinski definition) is 0. The van der Waals surface area contributed by atoms with E-state index in [-0.39, 0.29) is 11.8 Å². The quantitative estimate of drug-likeness (QED) is 0.569. The number of thioether (sulfide) groups is 1. The van der Waals surface area contributed by atoms with Gasteiger partial charge in [-0.1, -0.05) is 48.0 Å². The molecule has 4 nitrogen and oxygen atoms in total. The lowest BCUT2D eigenvalue weighted by atomic mass is 10.0. The van der Waals surface area contributed by atoms with Crippen molar-refractivity contribution in [2.75, 3.05) is 4.90 Å². The largest absolute Gasteiger partial charge is 0.468 e. The number of para-hydroxylation sites is 1. The molecule has 2 aromatic carbocycles. The molecular formula is C23H19NO3S. The number of hydrogen-bond acceptors (Lipinski definition) is 4. The molecule has 0 fully saturated rings. The second-order valence-electron chi connectivity index (χ2n) is 6.67. The van der Waals surface area contributed by atoms with Gasteiger partial charge in [-0.25, -0.2) is 4.90 Å². The molecule has 5 heteroatoms. The van der Waals surface area contributed by atoms with Gasteiger partial charge in [0.05, 0.1) is 28.2 Å². The van der Waals surface area contributed by atoms with Gasteiger partial charge in [0.2, 0.25) is 0 Å². The Bertz CT molecular complexity index is 1070. The summed E-state index contributed by atoms with van der Waals surface area (Å²) >= 11 is 1.34. The zero-order valence-corrected chi connectivity index (χ0v) is 16.5. The predicted octanol–water partition coefficient (Wildman–Crippen LogP) is 5.11. The van der Waals surface area contributed by atoms with Crippen LogP contribution in [-0.4, -0.2) is 11.8 Å². The number of rotatable bonds is 5. The highest BCUT2D eigenvalue weighted by molar-refractivity contribution is 8.03. The van der Waals surface area contributed by atoms with Gasteiger partial charge in [-0.3, -0.25) is 9.59 Å². The lowest BCUT2D eigenvalue weighted by molar-refractivity contribution is -0.119. The van der Waals surface area contributed by atoms with E-state index in [9.17, 15) is 9.59 Å². The fourth-order valence-corrected chi connectivity index (χ4v) is 4.20. The minimum absolute atomic E-state index is 0.286. The Kier molecular flexibility index (Phi) is 4.92. The molecule has 140 valence electrons. The number of furan rings is 1. The van der Waals surface area contributed by atoms with Crippen LogP contribution in [0.15, 0.2) is 76.2 Å². The summed E-state index contributed by atoms with van der Waals surface area (Å²) in [5.74, 6) is 0.671. The molecule has 0 saturated carbocycles. The molecule has 0 radical (unpaired) electrons. The minimum atomic E-state index is -0.287. The molecule has 0 saturated heterocycles. The number of imide groups is 1. The zero-order valence-electron chi connectivity index (χ0n) is 15.6. The smallest absolute Gasteiger partial charge is 0.272 e. The van der Waals surface area contributed by atoms with Crippen LogP contribution >= 0.6 is 11.8 Å². The highest BCUT2D eigenvalue weighted by atomic mass is 32.2. The van der Waals surface area contributed by atoms with E-state index < -0.39 is 0 Å². The number of nitrogens with zero attached hydrogens (tertiary/aromatic N) is 1. The first-order valence-corrected chi connectivity index (χ1v) is 9.95. The Morgan fingerprint density at radius 3 is 2.32 bits per heavy atom. The monoisotopic (exact) mass is 389 g/mol. The van der Waals surface area contributed by atoms with Crippen LogP contribution in [0.25, 0.3) is 5.57 Å². The summed E-state index contributed by atoms with van der Waals surface area (Å²) in [7, 11) is 0. The summed E-state index contributed by atoms with van der Waals surface area (Å²) in [6.45, 7) is 3.89. The molecule has 1 aliphatic rings. The Hall–Kier alpha value is -3.05. The van der Waals surface area contributed by atoms with Gasteiger partial charge in [0.15, 0.2) is 0 Å². The standard InChI is InChI=1S/C23H19NO3S/c1-15-9-11-17(12-10-15)20-21(28-14-18-7-5-13-27-18)23(26)24(22(20)25)19-8-4-3-6-16(19)2/h3-13H,14H2,1-2H3. The van der Waals surface area contributed by atoms with E-state index >= 15 is 0 Å². The molecule has 28 heavy (non-hydrogen) atoms. The molecule has 3 aromatic rings. The topological polar surface area (TPSA) is 50.5 Å². The minimum Gasteiger partial charge on any atom is -0.468 e. The van der Waals surface area contributed by atoms with E-state index in [0.717, 1.165) is 22.5 Å². The van der Waals surface area contributed by atoms with E-state index in [2.05, 4.69) is 0 Å². The first-order valence-electron chi connectivity index (χ1n) is 8.97. The van der Waals surface area contributed by atoms with E-state index in [4.69, 9.17) is 4.42 Å². The molecule has 0 N–H and O–H groups in total. The van der Waals surface area contributed by atoms with Crippen molar-refractivity contribution in [2.45, 2.75) is 19.6 Å². The van der Waals surface area contributed by atoms with Gasteiger partial charge >= 0.3 is 0 Å². The van der Waals surface area contributed by atoms with Crippen molar-refractivity contribution in [2.24, 2.45) is 0 Å². The maximum Gasteiger partial charge on any atom is 0.272 e. The molecule has 2 amide bonds. The fourth-order valence-electron chi connectivity index (χ4n) is 3.19. The van der Waals surface area contributed by atoms with Gasteiger partial charge in [0, 0.05) is 0 Å². The van der Waals surface area contributed by atoms with Crippen LogP contribution < -0.4 is 4.90 Å². The number of benzene rings is 2. The summed E-state index contributed by atoms with van der Waals surface area (Å²) in [6.07, 6.45) is 1.60. The van der Waals surface area contributed by atoms with E-state index in [1.165, 1.54) is 16.7 Å². The lowest BCUT2D eigenvalue weighted by Crippen LogP contribution is -2.31. The van der Waals surface area contributed by atoms with Crippen LogP contribution in [0.4, 0.5) is 5.69 Å². The van der Waals surface area contributed by atoms with Gasteiger partial charge < -0.3 is 4.42 Å². The van der Waals surface area contributed by atoms with Crippen LogP contribution in [0.5, 0.6) is 0 Å². The van der Waals surface area contributed by atoms with Crippen LogP contribution in [0.1, 0.15) is 22.5 Å². The van der Waals surface area contributed by atoms with Crippen LogP contribution in [-0.2, 0) is 15.3 Å². The second-order valence-corrected chi connectivity index (χ2v) is 7.66. The molecule has 0 bridgehead atoms. The first kappa shape index (κ1) is 18.3. The van der Waals surface area contributed by atoms with Crippen molar-refractivity contribution >= 4 is 34.8 Å². The first-order chi connectivity index (χ1) is 13.6. The van der Waals surface area contributed by atoms with Gasteiger partial charge in [0.1, 0.15) is 5.76 Å². The third-order valence-electron chi connectivity index (χ3n) is 4.68. The molecule has 0 atom stereocenters. The normalized spacial score (nSPS) is 14.3. The third kappa shape index (κ3) is 3.29. The molecular weight excluding hydrogens is 370 g/mol. The molecule has 0 aliphatic carbocycles. The average molecular weight is 389 g/mol. The van der Waals surface area contributed by atoms with Crippen molar-refractivity contribution in [3.05, 3.63) is 94.3 Å². The summed E-state index contributed by atoms with van der Waals surface area (Å²) in [6, 6.07) is 18.8. The SMILES string of the molecule is Cc1ccc(C2=C(SCc3ccco3)C(=O)N(c3ccccc3C)C2=O)cc1. The second kappa shape index (κ2) is 7.52. The zero-order chi connectivity index (χ0) is 19.7. The van der Waals surface area contributed by atoms with Gasteiger partial charge in [-0.15, -0.1) is 11.8 Å². The van der Waals surface area contributed by atoms with E-state index in [1.807, 2.05) is 68.4 Å². The third-order valence-corrected chi connectivity index (χ3v) is 5.77. The molecule has 1 aromatic heterocycles. The maximum atomic E-state index is 13.3. The summed E-state index contributed by atoms with van der Waals surface area (Å²) < 4.78 is 5.39. The highest BCUT2D eigenvalue weighted by Crippen LogP contribution is 2.40. The molecule has 2 heterocycles. The number of carbonyl (C=O) groups is 2. The molecule has 0 spiro atoms. The lowest BCUT2D eigenvalue weighted by Gasteiger charge is -2.17. The van der Waals surface area contributed by atoms with E-state index in [0.29, 0.717) is 21.9 Å². The predicted molar refractivity (Wildman–Crippen MR) is 112 cm³/mol. The fraction of sp³-hybridized carbons (Fsp3) is 0.130. The van der Waals surface area contributed by atoms with Gasteiger partial charge in [-0.2, -0.15) is 0 Å².